The van der Waals surface area contributed by atoms with Crippen molar-refractivity contribution < 1.29 is 14.3 Å². The molecule has 1 aliphatic rings. The quantitative estimate of drug-likeness (QED) is 0.727. The lowest BCUT2D eigenvalue weighted by atomic mass is 10.1. The summed E-state index contributed by atoms with van der Waals surface area (Å²) in [6.07, 6.45) is 2.43. The number of aromatic amines is 1. The number of ether oxygens (including phenoxy) is 2. The lowest BCUT2D eigenvalue weighted by Gasteiger charge is -2.08. The molecule has 130 valence electrons. The number of ketones is 1. The number of hydrogen-bond donors (Lipinski definition) is 1. The molecule has 26 heavy (non-hydrogen) atoms. The summed E-state index contributed by atoms with van der Waals surface area (Å²) < 4.78 is 10.6. The van der Waals surface area contributed by atoms with Crippen molar-refractivity contribution in [2.24, 2.45) is 0 Å². The number of methoxy groups -OCH3 is 2. The van der Waals surface area contributed by atoms with E-state index in [1.165, 1.54) is 0 Å². The fourth-order valence-corrected chi connectivity index (χ4v) is 3.21. The van der Waals surface area contributed by atoms with Crippen LogP contribution in [0.4, 0.5) is 0 Å². The normalized spacial score (nSPS) is 14.5. The van der Waals surface area contributed by atoms with Crippen molar-refractivity contribution in [1.29, 1.82) is 0 Å². The van der Waals surface area contributed by atoms with E-state index in [2.05, 4.69) is 10.2 Å². The summed E-state index contributed by atoms with van der Waals surface area (Å²) in [5.74, 6) is 1.21. The van der Waals surface area contributed by atoms with Crippen LogP contribution in [-0.2, 0) is 6.42 Å². The molecule has 4 rings (SSSR count). The van der Waals surface area contributed by atoms with E-state index in [0.717, 1.165) is 28.1 Å². The Kier molecular flexibility index (Phi) is 4.05. The van der Waals surface area contributed by atoms with Crippen LogP contribution in [0, 0.1) is 0 Å². The fraction of sp³-hybridized carbons (Fsp3) is 0.143. The van der Waals surface area contributed by atoms with Gasteiger partial charge in [-0.1, -0.05) is 30.3 Å². The van der Waals surface area contributed by atoms with Gasteiger partial charge in [-0.25, -0.2) is 0 Å². The number of Topliss-reactive ketones (excluding diaryl/α,β-unsaturated/α-hetero) is 1. The maximum absolute atomic E-state index is 12.7. The molecule has 0 bridgehead atoms. The van der Waals surface area contributed by atoms with Crippen molar-refractivity contribution in [2.45, 2.75) is 6.42 Å². The zero-order valence-electron chi connectivity index (χ0n) is 14.6. The van der Waals surface area contributed by atoms with E-state index in [9.17, 15) is 4.79 Å². The summed E-state index contributed by atoms with van der Waals surface area (Å²) in [7, 11) is 3.16. The highest BCUT2D eigenvalue weighted by molar-refractivity contribution is 6.15. The Morgan fingerprint density at radius 3 is 2.50 bits per heavy atom. The van der Waals surface area contributed by atoms with Crippen LogP contribution in [-0.4, -0.2) is 30.2 Å². The number of allylic oxidation sites excluding steroid dienone is 1. The number of hydrogen-bond acceptors (Lipinski definition) is 4. The van der Waals surface area contributed by atoms with Crippen LogP contribution in [0.25, 0.3) is 17.3 Å². The predicted molar refractivity (Wildman–Crippen MR) is 99.6 cm³/mol. The van der Waals surface area contributed by atoms with Gasteiger partial charge in [0.05, 0.1) is 25.6 Å². The molecule has 0 amide bonds. The first-order valence-corrected chi connectivity index (χ1v) is 8.30. The van der Waals surface area contributed by atoms with E-state index >= 15 is 0 Å². The van der Waals surface area contributed by atoms with Gasteiger partial charge in [-0.05, 0) is 29.8 Å². The van der Waals surface area contributed by atoms with Crippen LogP contribution in [0.1, 0.15) is 21.6 Å². The van der Waals surface area contributed by atoms with Crippen molar-refractivity contribution >= 4 is 11.9 Å². The summed E-state index contributed by atoms with van der Waals surface area (Å²) >= 11 is 0. The largest absolute Gasteiger partial charge is 0.493 e. The number of H-pyrrole nitrogens is 1. The highest BCUT2D eigenvalue weighted by Crippen LogP contribution is 2.37. The van der Waals surface area contributed by atoms with E-state index in [0.29, 0.717) is 23.5 Å². The van der Waals surface area contributed by atoms with Crippen LogP contribution >= 0.6 is 0 Å². The third-order valence-corrected chi connectivity index (χ3v) is 4.52. The van der Waals surface area contributed by atoms with Crippen molar-refractivity contribution in [1.82, 2.24) is 10.2 Å². The summed E-state index contributed by atoms with van der Waals surface area (Å²) in [6, 6.07) is 15.5. The van der Waals surface area contributed by atoms with Gasteiger partial charge in [-0.3, -0.25) is 9.89 Å². The van der Waals surface area contributed by atoms with Crippen molar-refractivity contribution in [3.63, 3.8) is 0 Å². The minimum absolute atomic E-state index is 0.0109. The number of nitrogens with one attached hydrogen (secondary N) is 1. The topological polar surface area (TPSA) is 64.2 Å². The third kappa shape index (κ3) is 2.77. The monoisotopic (exact) mass is 346 g/mol. The Morgan fingerprint density at radius 2 is 1.77 bits per heavy atom. The average Bonchev–Trinajstić information content (AvgIpc) is 3.27. The zero-order valence-corrected chi connectivity index (χ0v) is 14.6. The number of fused-ring (bicyclic) bond motifs is 1. The Labute approximate surface area is 151 Å². The number of carbonyl (C=O) groups excluding carboxylic acids is 1. The molecule has 1 aliphatic carbocycles. The van der Waals surface area contributed by atoms with Gasteiger partial charge in [-0.2, -0.15) is 5.10 Å². The Balaban J connectivity index is 1.65. The average molecular weight is 346 g/mol. The zero-order chi connectivity index (χ0) is 18.1. The van der Waals surface area contributed by atoms with E-state index in [-0.39, 0.29) is 5.78 Å². The number of rotatable bonds is 4. The second-order valence-corrected chi connectivity index (χ2v) is 6.11. The molecule has 3 aromatic rings. The lowest BCUT2D eigenvalue weighted by molar-refractivity contribution is 0.104. The first-order chi connectivity index (χ1) is 12.7. The summed E-state index contributed by atoms with van der Waals surface area (Å²) in [5.41, 5.74) is 5.02. The summed E-state index contributed by atoms with van der Waals surface area (Å²) in [5, 5.41) is 7.33. The standard InChI is InChI=1S/C21H18N2O3/c1-25-19-10-14-8-15(21(24)17(14)12-20(19)26-2)9-16-11-18(23-22-16)13-6-4-3-5-7-13/h3-7,9-12H,8H2,1-2H3,(H,22,23). The predicted octanol–water partition coefficient (Wildman–Crippen LogP) is 3.92. The Bertz CT molecular complexity index is 1000. The SMILES string of the molecule is COc1cc2c(cc1OC)C(=O)C(=Cc1cc(-c3ccccc3)n[nH]1)C2. The Morgan fingerprint density at radius 1 is 1.04 bits per heavy atom. The molecule has 5 heteroatoms. The third-order valence-electron chi connectivity index (χ3n) is 4.52. The van der Waals surface area contributed by atoms with Gasteiger partial charge in [-0.15, -0.1) is 0 Å². The maximum Gasteiger partial charge on any atom is 0.189 e. The van der Waals surface area contributed by atoms with E-state index in [1.54, 1.807) is 20.3 Å². The van der Waals surface area contributed by atoms with E-state index < -0.39 is 0 Å². The van der Waals surface area contributed by atoms with Crippen LogP contribution in [0.3, 0.4) is 0 Å². The minimum Gasteiger partial charge on any atom is -0.493 e. The lowest BCUT2D eigenvalue weighted by Crippen LogP contribution is -1.97. The van der Waals surface area contributed by atoms with Crippen LogP contribution in [0.2, 0.25) is 0 Å². The molecule has 0 radical (unpaired) electrons. The molecule has 2 aromatic carbocycles. The first kappa shape index (κ1) is 16.1. The fourth-order valence-electron chi connectivity index (χ4n) is 3.21. The molecule has 1 aromatic heterocycles. The number of benzene rings is 2. The molecule has 0 fully saturated rings. The molecule has 0 unspecified atom stereocenters. The minimum atomic E-state index is 0.0109. The first-order valence-electron chi connectivity index (χ1n) is 8.30. The smallest absolute Gasteiger partial charge is 0.189 e. The van der Waals surface area contributed by atoms with Gasteiger partial charge < -0.3 is 9.47 Å². The molecule has 1 N–H and O–H groups in total. The molecule has 1 heterocycles. The van der Waals surface area contributed by atoms with Gasteiger partial charge >= 0.3 is 0 Å². The van der Waals surface area contributed by atoms with E-state index in [4.69, 9.17) is 9.47 Å². The molecule has 0 spiro atoms. The second-order valence-electron chi connectivity index (χ2n) is 6.11. The van der Waals surface area contributed by atoms with Gasteiger partial charge in [0.15, 0.2) is 17.3 Å². The molecular weight excluding hydrogens is 328 g/mol. The Hall–Kier alpha value is -3.34. The molecular formula is C21H18N2O3. The summed E-state index contributed by atoms with van der Waals surface area (Å²) in [4.78, 5) is 12.7. The summed E-state index contributed by atoms with van der Waals surface area (Å²) in [6.45, 7) is 0. The van der Waals surface area contributed by atoms with Gasteiger partial charge in [0, 0.05) is 23.1 Å². The van der Waals surface area contributed by atoms with Crippen molar-refractivity contribution in [2.75, 3.05) is 14.2 Å². The van der Waals surface area contributed by atoms with E-state index in [1.807, 2.05) is 48.5 Å². The highest BCUT2D eigenvalue weighted by Gasteiger charge is 2.27. The van der Waals surface area contributed by atoms with Crippen molar-refractivity contribution in [3.05, 3.63) is 70.9 Å². The van der Waals surface area contributed by atoms with Gasteiger partial charge in [0.25, 0.3) is 0 Å². The van der Waals surface area contributed by atoms with Crippen LogP contribution in [0.5, 0.6) is 11.5 Å². The van der Waals surface area contributed by atoms with Crippen LogP contribution < -0.4 is 9.47 Å². The maximum atomic E-state index is 12.7. The number of aromatic nitrogens is 2. The molecule has 0 atom stereocenters. The van der Waals surface area contributed by atoms with Crippen LogP contribution in [0.15, 0.2) is 54.1 Å². The molecule has 0 saturated heterocycles. The second kappa shape index (κ2) is 6.52. The molecule has 0 saturated carbocycles. The van der Waals surface area contributed by atoms with Crippen molar-refractivity contribution in [3.8, 4) is 22.8 Å². The highest BCUT2D eigenvalue weighted by atomic mass is 16.5. The van der Waals surface area contributed by atoms with Gasteiger partial charge in [0.2, 0.25) is 0 Å². The van der Waals surface area contributed by atoms with Gasteiger partial charge in [0.1, 0.15) is 0 Å². The molecule has 0 aliphatic heterocycles. The number of carbonyl (C=O) groups is 1. The number of nitrogens with zero attached hydrogens (tertiary/aromatic N) is 1. The molecule has 5 nitrogen and oxygen atoms in total.